The second-order valence-corrected chi connectivity index (χ2v) is 8.61. The van der Waals surface area contributed by atoms with Gasteiger partial charge in [-0.05, 0) is 41.0 Å². The van der Waals surface area contributed by atoms with Crippen LogP contribution in [-0.2, 0) is 5.41 Å². The maximum atomic E-state index is 6.09. The quantitative estimate of drug-likeness (QED) is 0.381. The van der Waals surface area contributed by atoms with Crippen LogP contribution in [0.25, 0.3) is 9.81 Å². The minimum atomic E-state index is 0.100. The molecule has 0 aliphatic carbocycles. The predicted octanol–water partition coefficient (Wildman–Crippen LogP) is 7.09. The van der Waals surface area contributed by atoms with Crippen molar-refractivity contribution in [2.45, 2.75) is 46.5 Å². The molecule has 0 aromatic heterocycles. The molecule has 0 N–H and O–H groups in total. The lowest BCUT2D eigenvalue weighted by Crippen LogP contribution is -2.16. The Balaban J connectivity index is 2.56. The number of benzene rings is 2. The number of ether oxygens (including phenoxy) is 1. The van der Waals surface area contributed by atoms with Crippen LogP contribution in [0.15, 0.2) is 48.5 Å². The summed E-state index contributed by atoms with van der Waals surface area (Å²) in [5.41, 5.74) is 3.44. The highest BCUT2D eigenvalue weighted by molar-refractivity contribution is 7.96. The second-order valence-electron chi connectivity index (χ2n) is 7.72. The monoisotopic (exact) mass is 386 g/mol. The fraction of sp³-hybridized carbons (Fsp3) is 0.391. The summed E-state index contributed by atoms with van der Waals surface area (Å²) in [6, 6.07) is 16.6. The van der Waals surface area contributed by atoms with Crippen molar-refractivity contribution < 1.29 is 4.74 Å². The lowest BCUT2D eigenvalue weighted by molar-refractivity contribution is 0.270. The first kappa shape index (κ1) is 21.0. The molecule has 0 radical (unpaired) electrons. The van der Waals surface area contributed by atoms with Crippen LogP contribution in [0.5, 0.6) is 5.75 Å². The lowest BCUT2D eigenvalue weighted by atomic mass is 9.81. The Morgan fingerprint density at radius 2 is 1.65 bits per heavy atom. The number of rotatable bonds is 7. The van der Waals surface area contributed by atoms with E-state index in [2.05, 4.69) is 52.8 Å². The molecule has 0 bridgehead atoms. The van der Waals surface area contributed by atoms with Crippen LogP contribution < -0.4 is 4.74 Å². The highest BCUT2D eigenvalue weighted by Crippen LogP contribution is 2.39. The van der Waals surface area contributed by atoms with Crippen LogP contribution in [-0.4, -0.2) is 6.61 Å². The Morgan fingerprint density at radius 1 is 1.00 bits per heavy atom. The minimum absolute atomic E-state index is 0.100. The van der Waals surface area contributed by atoms with Crippen molar-refractivity contribution in [2.24, 2.45) is 5.92 Å². The molecule has 2 aromatic rings. The zero-order valence-corrected chi connectivity index (χ0v) is 18.2. The lowest BCUT2D eigenvalue weighted by Gasteiger charge is -2.25. The molecule has 140 valence electrons. The van der Waals surface area contributed by atoms with Gasteiger partial charge >= 0.3 is 0 Å². The highest BCUT2D eigenvalue weighted by atomic mass is 32.1. The van der Waals surface area contributed by atoms with Gasteiger partial charge in [0, 0.05) is 15.4 Å². The molecule has 3 heteroatoms. The first-order chi connectivity index (χ1) is 12.3. The fourth-order valence-corrected chi connectivity index (χ4v) is 3.16. The summed E-state index contributed by atoms with van der Waals surface area (Å²) < 4.78 is 6.09. The third-order valence-corrected chi connectivity index (χ3v) is 5.87. The Hall–Kier alpha value is -1.32. The maximum absolute atomic E-state index is 6.09. The van der Waals surface area contributed by atoms with E-state index >= 15 is 0 Å². The zero-order chi connectivity index (χ0) is 19.3. The number of hydrogen-bond donors (Lipinski definition) is 2. The van der Waals surface area contributed by atoms with Gasteiger partial charge in [0.1, 0.15) is 5.75 Å². The van der Waals surface area contributed by atoms with Crippen molar-refractivity contribution in [3.8, 4) is 5.75 Å². The van der Waals surface area contributed by atoms with E-state index in [-0.39, 0.29) is 5.41 Å². The Morgan fingerprint density at radius 3 is 2.23 bits per heavy atom. The molecular weight excluding hydrogens is 356 g/mol. The van der Waals surface area contributed by atoms with E-state index in [4.69, 9.17) is 30.0 Å². The fourth-order valence-electron chi connectivity index (χ4n) is 2.58. The van der Waals surface area contributed by atoms with Crippen LogP contribution in [0, 0.1) is 5.92 Å². The molecule has 0 saturated heterocycles. The molecule has 0 aliphatic rings. The molecule has 2 aromatic carbocycles. The molecular formula is C23H30OS2. The predicted molar refractivity (Wildman–Crippen MR) is 121 cm³/mol. The van der Waals surface area contributed by atoms with Gasteiger partial charge in [0.05, 0.1) is 6.61 Å². The normalized spacial score (nSPS) is 12.9. The van der Waals surface area contributed by atoms with Gasteiger partial charge in [0.25, 0.3) is 0 Å². The molecule has 26 heavy (non-hydrogen) atoms. The Bertz CT molecular complexity index is 761. The summed E-state index contributed by atoms with van der Waals surface area (Å²) in [6.45, 7) is 11.7. The third-order valence-electron chi connectivity index (χ3n) is 4.74. The van der Waals surface area contributed by atoms with E-state index in [1.54, 1.807) is 0 Å². The minimum Gasteiger partial charge on any atom is -0.493 e. The van der Waals surface area contributed by atoms with Crippen LogP contribution in [0.2, 0.25) is 0 Å². The molecule has 0 aliphatic heterocycles. The van der Waals surface area contributed by atoms with Gasteiger partial charge in [-0.1, -0.05) is 71.0 Å². The zero-order valence-electron chi connectivity index (χ0n) is 16.4. The van der Waals surface area contributed by atoms with E-state index in [0.29, 0.717) is 12.5 Å². The molecule has 0 atom stereocenters. The van der Waals surface area contributed by atoms with Crippen molar-refractivity contribution in [1.29, 1.82) is 0 Å². The second kappa shape index (κ2) is 9.05. The van der Waals surface area contributed by atoms with Gasteiger partial charge in [-0.25, -0.2) is 0 Å². The van der Waals surface area contributed by atoms with Crippen molar-refractivity contribution in [3.63, 3.8) is 0 Å². The van der Waals surface area contributed by atoms with Crippen molar-refractivity contribution >= 4 is 35.1 Å². The summed E-state index contributed by atoms with van der Waals surface area (Å²) in [5.74, 6) is 1.33. The van der Waals surface area contributed by atoms with Gasteiger partial charge in [0.2, 0.25) is 0 Å². The average molecular weight is 387 g/mol. The van der Waals surface area contributed by atoms with E-state index < -0.39 is 0 Å². The van der Waals surface area contributed by atoms with Gasteiger partial charge < -0.3 is 4.74 Å². The third kappa shape index (κ3) is 5.11. The average Bonchev–Trinajstić information content (AvgIpc) is 2.65. The molecule has 0 amide bonds. The largest absolute Gasteiger partial charge is 0.493 e. The summed E-state index contributed by atoms with van der Waals surface area (Å²) in [6.07, 6.45) is 1.07. The smallest absolute Gasteiger partial charge is 0.127 e. The first-order valence-electron chi connectivity index (χ1n) is 9.21. The van der Waals surface area contributed by atoms with Gasteiger partial charge in [-0.15, -0.1) is 25.3 Å². The van der Waals surface area contributed by atoms with Crippen molar-refractivity contribution in [3.05, 3.63) is 65.2 Å². The molecule has 0 fully saturated rings. The number of thiol groups is 2. The molecule has 0 saturated carbocycles. The van der Waals surface area contributed by atoms with E-state index in [0.717, 1.165) is 33.1 Å². The van der Waals surface area contributed by atoms with Crippen molar-refractivity contribution in [1.82, 2.24) is 0 Å². The van der Waals surface area contributed by atoms with E-state index in [1.165, 1.54) is 5.56 Å². The molecule has 1 nitrogen and oxygen atoms in total. The van der Waals surface area contributed by atoms with Crippen LogP contribution in [0.4, 0.5) is 0 Å². The van der Waals surface area contributed by atoms with Crippen LogP contribution >= 0.6 is 25.3 Å². The summed E-state index contributed by atoms with van der Waals surface area (Å²) >= 11 is 9.59. The Labute approximate surface area is 169 Å². The summed E-state index contributed by atoms with van der Waals surface area (Å²) in [7, 11) is 0. The van der Waals surface area contributed by atoms with Gasteiger partial charge in [-0.3, -0.25) is 0 Å². The van der Waals surface area contributed by atoms with Crippen LogP contribution in [0.3, 0.4) is 0 Å². The number of hydrogen-bond acceptors (Lipinski definition) is 3. The highest BCUT2D eigenvalue weighted by Gasteiger charge is 2.21. The molecule has 0 unspecified atom stereocenters. The summed E-state index contributed by atoms with van der Waals surface area (Å²) in [4.78, 5) is 1.70. The van der Waals surface area contributed by atoms with E-state index in [9.17, 15) is 0 Å². The molecule has 2 rings (SSSR count). The standard InChI is InChI=1S/C23H30OS2/c1-6-23(4,5)18-12-13-20(24-15-16(2)3)19(14-18)22(26)21(25)17-10-8-7-9-11-17/h7-14,16,25-26H,6,15H2,1-5H3/b22-21-. The van der Waals surface area contributed by atoms with Gasteiger partial charge in [-0.2, -0.15) is 0 Å². The first-order valence-corrected chi connectivity index (χ1v) is 10.1. The Kier molecular flexibility index (Phi) is 7.31. The SMILES string of the molecule is CCC(C)(C)c1ccc(OCC(C)C)c(/C(S)=C(/S)c2ccccc2)c1. The molecule has 0 spiro atoms. The van der Waals surface area contributed by atoms with Crippen LogP contribution in [0.1, 0.15) is 57.7 Å². The van der Waals surface area contributed by atoms with Crippen molar-refractivity contribution in [2.75, 3.05) is 6.61 Å². The van der Waals surface area contributed by atoms with Gasteiger partial charge in [0.15, 0.2) is 0 Å². The maximum Gasteiger partial charge on any atom is 0.127 e. The molecule has 0 heterocycles. The summed E-state index contributed by atoms with van der Waals surface area (Å²) in [5, 5.41) is 0. The topological polar surface area (TPSA) is 9.23 Å². The van der Waals surface area contributed by atoms with E-state index in [1.807, 2.05) is 30.3 Å².